The van der Waals surface area contributed by atoms with Crippen LogP contribution in [0.5, 0.6) is 5.75 Å². The van der Waals surface area contributed by atoms with Crippen LogP contribution in [0.4, 0.5) is 5.69 Å². The fraction of sp³-hybridized carbons (Fsp3) is 0.650. The number of benzene rings is 1. The number of anilines is 1. The molecule has 0 aromatic heterocycles. The smallest absolute Gasteiger partial charge is 0.256 e. The SMILES string of the molecule is CC[C@H](C)Oc1ccc(NC(=O)C2(OC)CCC(C)CC2)cc1C. The highest BCUT2D eigenvalue weighted by Crippen LogP contribution is 2.35. The number of ether oxygens (including phenoxy) is 2. The van der Waals surface area contributed by atoms with Crippen LogP contribution in [0.25, 0.3) is 0 Å². The van der Waals surface area contributed by atoms with Gasteiger partial charge in [0.1, 0.15) is 11.4 Å². The van der Waals surface area contributed by atoms with Crippen LogP contribution in [-0.4, -0.2) is 24.7 Å². The molecule has 4 heteroatoms. The molecule has 1 N–H and O–H groups in total. The summed E-state index contributed by atoms with van der Waals surface area (Å²) < 4.78 is 11.5. The minimum Gasteiger partial charge on any atom is -0.490 e. The Labute approximate surface area is 145 Å². The highest BCUT2D eigenvalue weighted by Gasteiger charge is 2.41. The lowest BCUT2D eigenvalue weighted by Crippen LogP contribution is -2.47. The maximum absolute atomic E-state index is 12.8. The van der Waals surface area contributed by atoms with Gasteiger partial charge in [0, 0.05) is 12.8 Å². The van der Waals surface area contributed by atoms with Crippen LogP contribution >= 0.6 is 0 Å². The second-order valence-electron chi connectivity index (χ2n) is 7.15. The molecule has 1 amide bonds. The lowest BCUT2D eigenvalue weighted by molar-refractivity contribution is -0.142. The van der Waals surface area contributed by atoms with Crippen molar-refractivity contribution in [2.45, 2.75) is 71.5 Å². The van der Waals surface area contributed by atoms with Gasteiger partial charge < -0.3 is 14.8 Å². The minimum atomic E-state index is -0.688. The van der Waals surface area contributed by atoms with Gasteiger partial charge in [-0.05, 0) is 75.6 Å². The van der Waals surface area contributed by atoms with E-state index in [0.717, 1.165) is 49.1 Å². The van der Waals surface area contributed by atoms with Crippen LogP contribution < -0.4 is 10.1 Å². The summed E-state index contributed by atoms with van der Waals surface area (Å²) in [6.07, 6.45) is 4.77. The van der Waals surface area contributed by atoms with Crippen molar-refractivity contribution in [1.82, 2.24) is 0 Å². The van der Waals surface area contributed by atoms with Gasteiger partial charge in [-0.15, -0.1) is 0 Å². The summed E-state index contributed by atoms with van der Waals surface area (Å²) in [5, 5.41) is 3.03. The molecule has 0 heterocycles. The van der Waals surface area contributed by atoms with E-state index in [2.05, 4.69) is 26.1 Å². The predicted octanol–water partition coefficient (Wildman–Crippen LogP) is 4.71. The van der Waals surface area contributed by atoms with Gasteiger partial charge in [-0.3, -0.25) is 4.79 Å². The first-order chi connectivity index (χ1) is 11.4. The third kappa shape index (κ3) is 4.29. The van der Waals surface area contributed by atoms with Crippen molar-refractivity contribution in [3.8, 4) is 5.75 Å². The molecule has 1 atom stereocenters. The third-order valence-electron chi connectivity index (χ3n) is 5.22. The number of amides is 1. The van der Waals surface area contributed by atoms with Gasteiger partial charge in [0.05, 0.1) is 6.10 Å². The monoisotopic (exact) mass is 333 g/mol. The van der Waals surface area contributed by atoms with Crippen LogP contribution in [0.15, 0.2) is 18.2 Å². The lowest BCUT2D eigenvalue weighted by Gasteiger charge is -2.36. The number of carbonyl (C=O) groups excluding carboxylic acids is 1. The highest BCUT2D eigenvalue weighted by molar-refractivity contribution is 5.97. The van der Waals surface area contributed by atoms with E-state index in [1.807, 2.05) is 25.1 Å². The number of aryl methyl sites for hydroxylation is 1. The summed E-state index contributed by atoms with van der Waals surface area (Å²) >= 11 is 0. The Morgan fingerprint density at radius 3 is 2.58 bits per heavy atom. The molecule has 134 valence electrons. The summed E-state index contributed by atoms with van der Waals surface area (Å²) in [4.78, 5) is 12.8. The molecule has 4 nitrogen and oxygen atoms in total. The Kier molecular flexibility index (Phi) is 6.27. The number of hydrogen-bond acceptors (Lipinski definition) is 3. The maximum Gasteiger partial charge on any atom is 0.256 e. The lowest BCUT2D eigenvalue weighted by atomic mass is 9.79. The van der Waals surface area contributed by atoms with E-state index in [4.69, 9.17) is 9.47 Å². The van der Waals surface area contributed by atoms with E-state index >= 15 is 0 Å². The summed E-state index contributed by atoms with van der Waals surface area (Å²) in [7, 11) is 1.64. The first-order valence-electron chi connectivity index (χ1n) is 9.04. The molecule has 0 bridgehead atoms. The average molecular weight is 333 g/mol. The first-order valence-corrected chi connectivity index (χ1v) is 9.04. The van der Waals surface area contributed by atoms with E-state index in [9.17, 15) is 4.79 Å². The zero-order chi connectivity index (χ0) is 17.7. The Bertz CT molecular complexity index is 562. The van der Waals surface area contributed by atoms with Crippen LogP contribution in [0.3, 0.4) is 0 Å². The van der Waals surface area contributed by atoms with Gasteiger partial charge in [0.25, 0.3) is 5.91 Å². The number of hydrogen-bond donors (Lipinski definition) is 1. The van der Waals surface area contributed by atoms with Crippen LogP contribution in [0.1, 0.15) is 58.4 Å². The first kappa shape index (κ1) is 18.8. The zero-order valence-electron chi connectivity index (χ0n) is 15.6. The fourth-order valence-electron chi connectivity index (χ4n) is 3.16. The average Bonchev–Trinajstić information content (AvgIpc) is 2.58. The standard InChI is InChI=1S/C20H31NO3/c1-6-16(4)24-18-8-7-17(13-15(18)3)21-19(22)20(23-5)11-9-14(2)10-12-20/h7-8,13-14,16H,6,9-12H2,1-5H3,(H,21,22)/t14?,16-,20?/m0/s1. The molecule has 1 aliphatic carbocycles. The fourth-order valence-corrected chi connectivity index (χ4v) is 3.16. The predicted molar refractivity (Wildman–Crippen MR) is 97.6 cm³/mol. The Morgan fingerprint density at radius 1 is 1.38 bits per heavy atom. The zero-order valence-corrected chi connectivity index (χ0v) is 15.6. The molecular weight excluding hydrogens is 302 g/mol. The molecule has 1 aromatic rings. The van der Waals surface area contributed by atoms with Gasteiger partial charge >= 0.3 is 0 Å². The number of methoxy groups -OCH3 is 1. The largest absolute Gasteiger partial charge is 0.490 e. The summed E-state index contributed by atoms with van der Waals surface area (Å²) in [5.74, 6) is 1.50. The van der Waals surface area contributed by atoms with Crippen molar-refractivity contribution >= 4 is 11.6 Å². The van der Waals surface area contributed by atoms with Crippen molar-refractivity contribution < 1.29 is 14.3 Å². The van der Waals surface area contributed by atoms with E-state index in [0.29, 0.717) is 5.92 Å². The molecule has 2 rings (SSSR count). The molecule has 1 saturated carbocycles. The topological polar surface area (TPSA) is 47.6 Å². The normalized spacial score (nSPS) is 25.1. The molecule has 1 aliphatic rings. The Balaban J connectivity index is 2.07. The van der Waals surface area contributed by atoms with Gasteiger partial charge in [0.15, 0.2) is 0 Å². The van der Waals surface area contributed by atoms with Crippen molar-refractivity contribution in [2.75, 3.05) is 12.4 Å². The molecule has 0 radical (unpaired) electrons. The molecule has 1 aromatic carbocycles. The second kappa shape index (κ2) is 8.02. The third-order valence-corrected chi connectivity index (χ3v) is 5.22. The van der Waals surface area contributed by atoms with E-state index in [1.54, 1.807) is 7.11 Å². The van der Waals surface area contributed by atoms with Crippen molar-refractivity contribution in [1.29, 1.82) is 0 Å². The van der Waals surface area contributed by atoms with Crippen molar-refractivity contribution in [2.24, 2.45) is 5.92 Å². The molecule has 0 saturated heterocycles. The molecular formula is C20H31NO3. The molecule has 0 spiro atoms. The minimum absolute atomic E-state index is 0.0353. The van der Waals surface area contributed by atoms with Gasteiger partial charge in [-0.25, -0.2) is 0 Å². The van der Waals surface area contributed by atoms with Gasteiger partial charge in [0.2, 0.25) is 0 Å². The maximum atomic E-state index is 12.8. The molecule has 0 aliphatic heterocycles. The Hall–Kier alpha value is -1.55. The molecule has 0 unspecified atom stereocenters. The van der Waals surface area contributed by atoms with Gasteiger partial charge in [-0.2, -0.15) is 0 Å². The molecule has 1 fully saturated rings. The quantitative estimate of drug-likeness (QED) is 0.820. The number of carbonyl (C=O) groups is 1. The Morgan fingerprint density at radius 2 is 2.04 bits per heavy atom. The number of rotatable bonds is 6. The summed E-state index contributed by atoms with van der Waals surface area (Å²) in [6, 6.07) is 5.79. The van der Waals surface area contributed by atoms with Gasteiger partial charge in [-0.1, -0.05) is 13.8 Å². The van der Waals surface area contributed by atoms with E-state index < -0.39 is 5.60 Å². The van der Waals surface area contributed by atoms with Crippen molar-refractivity contribution in [3.05, 3.63) is 23.8 Å². The summed E-state index contributed by atoms with van der Waals surface area (Å²) in [6.45, 7) is 8.39. The van der Waals surface area contributed by atoms with Crippen molar-refractivity contribution in [3.63, 3.8) is 0 Å². The number of nitrogens with one attached hydrogen (secondary N) is 1. The van der Waals surface area contributed by atoms with Crippen LogP contribution in [0, 0.1) is 12.8 Å². The second-order valence-corrected chi connectivity index (χ2v) is 7.15. The molecule has 24 heavy (non-hydrogen) atoms. The van der Waals surface area contributed by atoms with E-state index in [1.165, 1.54) is 0 Å². The van der Waals surface area contributed by atoms with Crippen LogP contribution in [0.2, 0.25) is 0 Å². The van der Waals surface area contributed by atoms with Crippen LogP contribution in [-0.2, 0) is 9.53 Å². The summed E-state index contributed by atoms with van der Waals surface area (Å²) in [5.41, 5.74) is 1.13. The van der Waals surface area contributed by atoms with E-state index in [-0.39, 0.29) is 12.0 Å². The highest BCUT2D eigenvalue weighted by atomic mass is 16.5.